The van der Waals surface area contributed by atoms with Crippen molar-refractivity contribution in [3.05, 3.63) is 81.0 Å². The molecule has 1 heterocycles. The van der Waals surface area contributed by atoms with Gasteiger partial charge < -0.3 is 9.64 Å². The minimum atomic E-state index is -0.0349. The molecule has 0 spiro atoms. The molecule has 146 valence electrons. The third-order valence-corrected chi connectivity index (χ3v) is 5.13. The predicted octanol–water partition coefficient (Wildman–Crippen LogP) is 5.17. The number of ether oxygens (including phenoxy) is 1. The predicted molar refractivity (Wildman–Crippen MR) is 114 cm³/mol. The summed E-state index contributed by atoms with van der Waals surface area (Å²) in [4.78, 5) is 14.4. The monoisotopic (exact) mass is 461 g/mol. The van der Waals surface area contributed by atoms with E-state index in [4.69, 9.17) is 16.3 Å². The maximum absolute atomic E-state index is 12.7. The van der Waals surface area contributed by atoms with Crippen LogP contribution in [0.2, 0.25) is 5.02 Å². The average molecular weight is 463 g/mol. The molecule has 0 atom stereocenters. The van der Waals surface area contributed by atoms with Crippen molar-refractivity contribution in [1.82, 2.24) is 14.7 Å². The highest BCUT2D eigenvalue weighted by molar-refractivity contribution is 9.10. The van der Waals surface area contributed by atoms with Crippen LogP contribution in [0.1, 0.15) is 28.5 Å². The Morgan fingerprint density at radius 1 is 1.21 bits per heavy atom. The quantitative estimate of drug-likeness (QED) is 0.487. The summed E-state index contributed by atoms with van der Waals surface area (Å²) in [5, 5.41) is 4.79. The zero-order valence-corrected chi connectivity index (χ0v) is 18.1. The molecule has 2 aromatic carbocycles. The number of amides is 1. The summed E-state index contributed by atoms with van der Waals surface area (Å²) >= 11 is 9.54. The van der Waals surface area contributed by atoms with E-state index in [0.29, 0.717) is 29.5 Å². The highest BCUT2D eigenvalue weighted by Crippen LogP contribution is 2.28. The number of halogens is 2. The molecule has 0 saturated carbocycles. The molecule has 1 aromatic heterocycles. The van der Waals surface area contributed by atoms with Gasteiger partial charge in [0.1, 0.15) is 12.4 Å². The van der Waals surface area contributed by atoms with E-state index in [1.807, 2.05) is 54.1 Å². The number of rotatable bonds is 7. The van der Waals surface area contributed by atoms with Gasteiger partial charge in [0.05, 0.1) is 17.3 Å². The van der Waals surface area contributed by atoms with Crippen molar-refractivity contribution < 1.29 is 9.53 Å². The fraction of sp³-hybridized carbons (Fsp3) is 0.238. The van der Waals surface area contributed by atoms with Gasteiger partial charge in [-0.25, -0.2) is 0 Å². The van der Waals surface area contributed by atoms with E-state index < -0.39 is 0 Å². The molecule has 0 bridgehead atoms. The van der Waals surface area contributed by atoms with Gasteiger partial charge in [-0.3, -0.25) is 9.48 Å². The van der Waals surface area contributed by atoms with Crippen LogP contribution in [0.5, 0.6) is 5.75 Å². The third-order valence-electron chi connectivity index (χ3n) is 4.34. The van der Waals surface area contributed by atoms with Gasteiger partial charge in [0.15, 0.2) is 0 Å². The van der Waals surface area contributed by atoms with Gasteiger partial charge in [-0.05, 0) is 48.9 Å². The largest absolute Gasteiger partial charge is 0.487 e. The number of carbonyl (C=O) groups excluding carboxylic acids is 1. The molecule has 0 aliphatic rings. The normalized spacial score (nSPS) is 10.7. The van der Waals surface area contributed by atoms with Gasteiger partial charge in [-0.15, -0.1) is 0 Å². The van der Waals surface area contributed by atoms with Gasteiger partial charge in [-0.1, -0.05) is 39.7 Å². The van der Waals surface area contributed by atoms with Gasteiger partial charge >= 0.3 is 0 Å². The van der Waals surface area contributed by atoms with Crippen molar-refractivity contribution in [2.45, 2.75) is 26.6 Å². The number of aromatic nitrogens is 2. The van der Waals surface area contributed by atoms with E-state index >= 15 is 0 Å². The number of nitrogens with zero attached hydrogens (tertiary/aromatic N) is 3. The Kier molecular flexibility index (Phi) is 6.75. The lowest BCUT2D eigenvalue weighted by molar-refractivity contribution is 0.0781. The minimum Gasteiger partial charge on any atom is -0.487 e. The standard InChI is InChI=1S/C21H21BrClN3O2/c1-3-26-18(10-11-24-26)13-25(2)21(27)16-6-4-15(5-7-16)14-28-20-9-8-17(22)12-19(20)23/h4-12H,3,13-14H2,1-2H3. The van der Waals surface area contributed by atoms with Crippen LogP contribution in [-0.2, 0) is 19.7 Å². The smallest absolute Gasteiger partial charge is 0.253 e. The molecule has 0 aliphatic carbocycles. The van der Waals surface area contributed by atoms with E-state index in [1.165, 1.54) is 0 Å². The molecule has 28 heavy (non-hydrogen) atoms. The lowest BCUT2D eigenvalue weighted by Gasteiger charge is -2.18. The first kappa shape index (κ1) is 20.4. The number of hydrogen-bond acceptors (Lipinski definition) is 3. The molecule has 0 aliphatic heterocycles. The van der Waals surface area contributed by atoms with Crippen LogP contribution in [0.4, 0.5) is 0 Å². The van der Waals surface area contributed by atoms with Crippen molar-refractivity contribution in [2.75, 3.05) is 7.05 Å². The highest BCUT2D eigenvalue weighted by atomic mass is 79.9. The second-order valence-electron chi connectivity index (χ2n) is 6.36. The Morgan fingerprint density at radius 2 is 1.96 bits per heavy atom. The number of carbonyl (C=O) groups is 1. The van der Waals surface area contributed by atoms with Gasteiger partial charge in [0.25, 0.3) is 5.91 Å². The van der Waals surface area contributed by atoms with Crippen LogP contribution in [-0.4, -0.2) is 27.6 Å². The Balaban J connectivity index is 1.60. The molecule has 3 rings (SSSR count). The van der Waals surface area contributed by atoms with Crippen LogP contribution in [0.3, 0.4) is 0 Å². The molecule has 5 nitrogen and oxygen atoms in total. The molecule has 0 radical (unpaired) electrons. The van der Waals surface area contributed by atoms with E-state index in [1.54, 1.807) is 24.2 Å². The fourth-order valence-electron chi connectivity index (χ4n) is 2.81. The first-order chi connectivity index (χ1) is 13.5. The van der Waals surface area contributed by atoms with Gasteiger partial charge in [0.2, 0.25) is 0 Å². The van der Waals surface area contributed by atoms with Crippen molar-refractivity contribution in [1.29, 1.82) is 0 Å². The maximum atomic E-state index is 12.7. The lowest BCUT2D eigenvalue weighted by atomic mass is 10.1. The molecule has 7 heteroatoms. The first-order valence-corrected chi connectivity index (χ1v) is 10.1. The van der Waals surface area contributed by atoms with E-state index in [0.717, 1.165) is 22.3 Å². The second kappa shape index (κ2) is 9.26. The van der Waals surface area contributed by atoms with Crippen LogP contribution >= 0.6 is 27.5 Å². The Labute approximate surface area is 178 Å². The average Bonchev–Trinajstić information content (AvgIpc) is 3.14. The Bertz CT molecular complexity index is 957. The highest BCUT2D eigenvalue weighted by Gasteiger charge is 2.14. The molecule has 0 fully saturated rings. The van der Waals surface area contributed by atoms with Gasteiger partial charge in [0, 0.05) is 29.8 Å². The number of benzene rings is 2. The summed E-state index contributed by atoms with van der Waals surface area (Å²) in [5.41, 5.74) is 2.60. The molecular formula is C21H21BrClN3O2. The summed E-state index contributed by atoms with van der Waals surface area (Å²) in [6, 6.07) is 14.8. The summed E-state index contributed by atoms with van der Waals surface area (Å²) in [5.74, 6) is 0.588. The molecule has 0 N–H and O–H groups in total. The number of aryl methyl sites for hydroxylation is 1. The maximum Gasteiger partial charge on any atom is 0.253 e. The zero-order valence-electron chi connectivity index (χ0n) is 15.7. The van der Waals surface area contributed by atoms with Crippen LogP contribution in [0, 0.1) is 0 Å². The Hall–Kier alpha value is -2.31. The van der Waals surface area contributed by atoms with Crippen LogP contribution < -0.4 is 4.74 Å². The van der Waals surface area contributed by atoms with E-state index in [-0.39, 0.29) is 5.91 Å². The Morgan fingerprint density at radius 3 is 2.64 bits per heavy atom. The summed E-state index contributed by atoms with van der Waals surface area (Å²) in [6.07, 6.45) is 1.75. The van der Waals surface area contributed by atoms with E-state index in [2.05, 4.69) is 21.0 Å². The summed E-state index contributed by atoms with van der Waals surface area (Å²) in [6.45, 7) is 3.70. The van der Waals surface area contributed by atoms with Crippen molar-refractivity contribution in [3.8, 4) is 5.75 Å². The SMILES string of the molecule is CCn1nccc1CN(C)C(=O)c1ccc(COc2ccc(Br)cc2Cl)cc1. The minimum absolute atomic E-state index is 0.0349. The van der Waals surface area contributed by atoms with Crippen molar-refractivity contribution in [2.24, 2.45) is 0 Å². The summed E-state index contributed by atoms with van der Waals surface area (Å²) in [7, 11) is 1.79. The van der Waals surface area contributed by atoms with Crippen molar-refractivity contribution in [3.63, 3.8) is 0 Å². The van der Waals surface area contributed by atoms with Crippen LogP contribution in [0.25, 0.3) is 0 Å². The number of hydrogen-bond donors (Lipinski definition) is 0. The van der Waals surface area contributed by atoms with Gasteiger partial charge in [-0.2, -0.15) is 5.10 Å². The molecule has 3 aromatic rings. The lowest BCUT2D eigenvalue weighted by Crippen LogP contribution is -2.27. The third kappa shape index (κ3) is 4.94. The topological polar surface area (TPSA) is 47.4 Å². The van der Waals surface area contributed by atoms with E-state index in [9.17, 15) is 4.79 Å². The van der Waals surface area contributed by atoms with Crippen molar-refractivity contribution >= 4 is 33.4 Å². The fourth-order valence-corrected chi connectivity index (χ4v) is 3.54. The van der Waals surface area contributed by atoms with Crippen LogP contribution in [0.15, 0.2) is 59.2 Å². The molecule has 0 unspecified atom stereocenters. The second-order valence-corrected chi connectivity index (χ2v) is 7.68. The summed E-state index contributed by atoms with van der Waals surface area (Å²) < 4.78 is 8.55. The molecule has 1 amide bonds. The zero-order chi connectivity index (χ0) is 20.1. The molecular weight excluding hydrogens is 442 g/mol. The molecule has 0 saturated heterocycles. The first-order valence-electron chi connectivity index (χ1n) is 8.91.